The van der Waals surface area contributed by atoms with Crippen LogP contribution in [0.3, 0.4) is 0 Å². The van der Waals surface area contributed by atoms with E-state index in [2.05, 4.69) is 44.1 Å². The topological polar surface area (TPSA) is 6.25 Å². The number of hydrogen-bond acceptors (Lipinski definition) is 1. The van der Waals surface area contributed by atoms with Crippen LogP contribution in [0.4, 0.5) is 0 Å². The molecule has 90 valence electrons. The zero-order chi connectivity index (χ0) is 11.7. The second-order valence-electron chi connectivity index (χ2n) is 3.48. The molecule has 0 saturated carbocycles. The van der Waals surface area contributed by atoms with Gasteiger partial charge in [-0.05, 0) is 45.9 Å². The lowest BCUT2D eigenvalue weighted by molar-refractivity contribution is -0.522. The zero-order valence-electron chi connectivity index (χ0n) is 11.0. The fourth-order valence-corrected chi connectivity index (χ4v) is 2.83. The van der Waals surface area contributed by atoms with Crippen LogP contribution in [-0.2, 0) is 0 Å². The predicted molar refractivity (Wildman–Crippen MR) is 72.0 cm³/mol. The third kappa shape index (κ3) is 4.92. The molecule has 0 radical (unpaired) electrons. The van der Waals surface area contributed by atoms with E-state index in [1.54, 1.807) is 0 Å². The van der Waals surface area contributed by atoms with Crippen LogP contribution in [0.2, 0.25) is 0 Å². The smallest absolute Gasteiger partial charge is 0.257 e. The maximum atomic E-state index is 2.47. The summed E-state index contributed by atoms with van der Waals surface area (Å²) >= 11 is 2.00. The fourth-order valence-electron chi connectivity index (χ4n) is 1.56. The molecular weight excluding hydrogens is 204 g/mol. The Balaban J connectivity index is 4.74. The molecule has 0 unspecified atom stereocenters. The van der Waals surface area contributed by atoms with E-state index in [9.17, 15) is 0 Å². The molecule has 0 amide bonds. The summed E-state index contributed by atoms with van der Waals surface area (Å²) in [7, 11) is 0. The molecule has 0 rings (SSSR count). The Hall–Kier alpha value is -0.180. The van der Waals surface area contributed by atoms with Crippen molar-refractivity contribution in [3.63, 3.8) is 0 Å². The molecule has 0 aromatic carbocycles. The van der Waals surface area contributed by atoms with Gasteiger partial charge < -0.3 is 0 Å². The van der Waals surface area contributed by atoms with Gasteiger partial charge in [0.2, 0.25) is 0 Å². The van der Waals surface area contributed by atoms with Crippen LogP contribution in [0.1, 0.15) is 41.0 Å². The van der Waals surface area contributed by atoms with Crippen molar-refractivity contribution >= 4 is 16.9 Å². The maximum Gasteiger partial charge on any atom is 0.308 e. The second kappa shape index (κ2) is 9.08. The molecule has 3 heteroatoms. The van der Waals surface area contributed by atoms with Gasteiger partial charge >= 0.3 is 5.17 Å². The van der Waals surface area contributed by atoms with Gasteiger partial charge in [-0.3, -0.25) is 9.48 Å². The van der Waals surface area contributed by atoms with Crippen molar-refractivity contribution < 1.29 is 4.58 Å². The summed E-state index contributed by atoms with van der Waals surface area (Å²) in [6.07, 6.45) is 1.25. The van der Waals surface area contributed by atoms with E-state index in [4.69, 9.17) is 0 Å². The van der Waals surface area contributed by atoms with Crippen LogP contribution in [0.5, 0.6) is 0 Å². The summed E-state index contributed by atoms with van der Waals surface area (Å²) in [5.74, 6) is 1.22. The fraction of sp³-hybridized carbons (Fsp3) is 0.917. The number of rotatable bonds is 6. The first-order valence-electron chi connectivity index (χ1n) is 6.24. The summed E-state index contributed by atoms with van der Waals surface area (Å²) in [6.45, 7) is 15.6. The lowest BCUT2D eigenvalue weighted by atomic mass is 10.5. The monoisotopic (exact) mass is 231 g/mol. The van der Waals surface area contributed by atoms with Crippen LogP contribution >= 0.6 is 11.8 Å². The Bertz CT molecular complexity index is 180. The average Bonchev–Trinajstić information content (AvgIpc) is 2.28. The highest BCUT2D eigenvalue weighted by Crippen LogP contribution is 2.10. The number of hydrogen-bond donors (Lipinski definition) is 0. The van der Waals surface area contributed by atoms with Crippen molar-refractivity contribution in [2.75, 3.05) is 31.9 Å². The average molecular weight is 231 g/mol. The molecule has 0 aliphatic heterocycles. The van der Waals surface area contributed by atoms with Crippen molar-refractivity contribution in [1.82, 2.24) is 4.90 Å². The first-order chi connectivity index (χ1) is 7.24. The molecule has 0 saturated heterocycles. The minimum absolute atomic E-state index is 1.11. The minimum Gasteiger partial charge on any atom is -0.257 e. The molecule has 0 heterocycles. The van der Waals surface area contributed by atoms with Gasteiger partial charge in [0.25, 0.3) is 0 Å². The lowest BCUT2D eigenvalue weighted by Crippen LogP contribution is -2.36. The lowest BCUT2D eigenvalue weighted by Gasteiger charge is -2.18. The standard InChI is InChI=1S/C12H27N2S/c1-6-11-15-12(13(7-2)8-3)14(9-4)10-5/h6-11H2,1-5H3/q+1. The first kappa shape index (κ1) is 14.8. The number of thioether (sulfide) groups is 1. The van der Waals surface area contributed by atoms with Crippen molar-refractivity contribution in [3.8, 4) is 0 Å². The van der Waals surface area contributed by atoms with Gasteiger partial charge in [-0.1, -0.05) is 6.92 Å². The quantitative estimate of drug-likeness (QED) is 0.394. The van der Waals surface area contributed by atoms with Crippen molar-refractivity contribution in [1.29, 1.82) is 0 Å². The normalized spacial score (nSPS) is 10.2. The van der Waals surface area contributed by atoms with Crippen molar-refractivity contribution in [2.45, 2.75) is 41.0 Å². The molecule has 0 N–H and O–H groups in total. The van der Waals surface area contributed by atoms with E-state index in [1.807, 2.05) is 11.8 Å². The van der Waals surface area contributed by atoms with E-state index < -0.39 is 0 Å². The zero-order valence-corrected chi connectivity index (χ0v) is 11.9. The van der Waals surface area contributed by atoms with Crippen molar-refractivity contribution in [2.24, 2.45) is 0 Å². The van der Waals surface area contributed by atoms with Crippen LogP contribution in [0, 0.1) is 0 Å². The number of amidine groups is 1. The molecule has 15 heavy (non-hydrogen) atoms. The van der Waals surface area contributed by atoms with Crippen LogP contribution in [-0.4, -0.2) is 46.6 Å². The molecule has 2 nitrogen and oxygen atoms in total. The SMILES string of the molecule is CCCSC(N(CC)CC)=[N+](CC)CC. The summed E-state index contributed by atoms with van der Waals surface area (Å²) in [5, 5.41) is 1.46. The van der Waals surface area contributed by atoms with Crippen LogP contribution in [0.15, 0.2) is 0 Å². The van der Waals surface area contributed by atoms with Gasteiger partial charge in [0.15, 0.2) is 0 Å². The van der Waals surface area contributed by atoms with E-state index in [-0.39, 0.29) is 0 Å². The molecule has 0 atom stereocenters. The maximum absolute atomic E-state index is 2.47. The van der Waals surface area contributed by atoms with Gasteiger partial charge in [0.1, 0.15) is 0 Å². The Labute approximate surface area is 99.7 Å². The third-order valence-corrected chi connectivity index (χ3v) is 3.89. The predicted octanol–water partition coefficient (Wildman–Crippen LogP) is 2.88. The molecule has 0 aromatic heterocycles. The van der Waals surface area contributed by atoms with E-state index in [0.29, 0.717) is 0 Å². The van der Waals surface area contributed by atoms with E-state index in [0.717, 1.165) is 26.2 Å². The summed E-state index contributed by atoms with van der Waals surface area (Å²) < 4.78 is 2.47. The minimum atomic E-state index is 1.11. The Morgan fingerprint density at radius 2 is 1.53 bits per heavy atom. The number of nitrogens with zero attached hydrogens (tertiary/aromatic N) is 2. The highest BCUT2D eigenvalue weighted by molar-refractivity contribution is 8.13. The van der Waals surface area contributed by atoms with E-state index >= 15 is 0 Å². The summed E-state index contributed by atoms with van der Waals surface area (Å²) in [4.78, 5) is 2.47. The largest absolute Gasteiger partial charge is 0.308 e. The highest BCUT2D eigenvalue weighted by atomic mass is 32.2. The highest BCUT2D eigenvalue weighted by Gasteiger charge is 2.18. The Kier molecular flexibility index (Phi) is 8.97. The Morgan fingerprint density at radius 3 is 1.87 bits per heavy atom. The van der Waals surface area contributed by atoms with Gasteiger partial charge in [-0.25, -0.2) is 0 Å². The molecule has 0 spiro atoms. The van der Waals surface area contributed by atoms with Crippen LogP contribution < -0.4 is 0 Å². The molecule has 0 aromatic rings. The molecular formula is C12H27N2S+. The van der Waals surface area contributed by atoms with E-state index in [1.165, 1.54) is 17.3 Å². The molecule has 0 bridgehead atoms. The molecule has 0 fully saturated rings. The van der Waals surface area contributed by atoms with Gasteiger partial charge in [-0.2, -0.15) is 0 Å². The first-order valence-corrected chi connectivity index (χ1v) is 7.23. The molecule has 0 aliphatic rings. The van der Waals surface area contributed by atoms with Gasteiger partial charge in [0.05, 0.1) is 26.2 Å². The molecule has 0 aliphatic carbocycles. The summed E-state index contributed by atoms with van der Waals surface area (Å²) in [5.41, 5.74) is 0. The summed E-state index contributed by atoms with van der Waals surface area (Å²) in [6, 6.07) is 0. The third-order valence-electron chi connectivity index (χ3n) is 2.50. The van der Waals surface area contributed by atoms with Gasteiger partial charge in [-0.15, -0.1) is 0 Å². The van der Waals surface area contributed by atoms with Crippen LogP contribution in [0.25, 0.3) is 0 Å². The second-order valence-corrected chi connectivity index (χ2v) is 4.54. The Morgan fingerprint density at radius 1 is 1.00 bits per heavy atom. The van der Waals surface area contributed by atoms with Crippen molar-refractivity contribution in [3.05, 3.63) is 0 Å². The van der Waals surface area contributed by atoms with Gasteiger partial charge in [0, 0.05) is 5.75 Å².